The van der Waals surface area contributed by atoms with E-state index in [9.17, 15) is 4.79 Å². The molecule has 3 aromatic rings. The lowest BCUT2D eigenvalue weighted by Crippen LogP contribution is -2.13. The Hall–Kier alpha value is -3.07. The van der Waals surface area contributed by atoms with Crippen molar-refractivity contribution in [3.63, 3.8) is 0 Å². The minimum absolute atomic E-state index is 0.101. The number of ether oxygens (including phenoxy) is 1. The molecular weight excluding hydrogens is 358 g/mol. The predicted molar refractivity (Wildman–Crippen MR) is 120 cm³/mol. The summed E-state index contributed by atoms with van der Waals surface area (Å²) in [7, 11) is 0. The smallest absolute Gasteiger partial charge is 0.255 e. The SMILES string of the molecule is CCc1ccccc1NC(=O)c1ccc(COc2ccc(C(C)(C)C)cc2)cc1. The molecule has 0 spiro atoms. The molecule has 150 valence electrons. The second kappa shape index (κ2) is 8.95. The highest BCUT2D eigenvalue weighted by Crippen LogP contribution is 2.24. The Kier molecular flexibility index (Phi) is 6.38. The predicted octanol–water partition coefficient (Wildman–Crippen LogP) is 6.38. The van der Waals surface area contributed by atoms with Crippen LogP contribution in [-0.4, -0.2) is 5.91 Å². The molecule has 0 aromatic heterocycles. The number of carbonyl (C=O) groups excluding carboxylic acids is 1. The summed E-state index contributed by atoms with van der Waals surface area (Å²) in [5, 5.41) is 3.00. The first kappa shape index (κ1) is 20.7. The Bertz CT molecular complexity index is 951. The summed E-state index contributed by atoms with van der Waals surface area (Å²) >= 11 is 0. The zero-order valence-corrected chi connectivity index (χ0v) is 17.7. The highest BCUT2D eigenvalue weighted by Gasteiger charge is 2.13. The molecule has 3 heteroatoms. The van der Waals surface area contributed by atoms with Crippen LogP contribution in [0.15, 0.2) is 72.8 Å². The molecule has 0 unspecified atom stereocenters. The number of rotatable bonds is 6. The maximum atomic E-state index is 12.5. The minimum atomic E-state index is -0.101. The molecule has 0 bridgehead atoms. The number of carbonyl (C=O) groups is 1. The van der Waals surface area contributed by atoms with Crippen molar-refractivity contribution in [3.8, 4) is 5.75 Å². The van der Waals surface area contributed by atoms with Crippen molar-refractivity contribution in [1.29, 1.82) is 0 Å². The van der Waals surface area contributed by atoms with Gasteiger partial charge in [0.1, 0.15) is 12.4 Å². The van der Waals surface area contributed by atoms with Crippen molar-refractivity contribution in [2.75, 3.05) is 5.32 Å². The fraction of sp³-hybridized carbons (Fsp3) is 0.269. The zero-order valence-electron chi connectivity index (χ0n) is 17.7. The molecule has 0 heterocycles. The van der Waals surface area contributed by atoms with Gasteiger partial charge in [0.05, 0.1) is 0 Å². The van der Waals surface area contributed by atoms with E-state index in [1.54, 1.807) is 0 Å². The molecule has 0 aliphatic heterocycles. The summed E-state index contributed by atoms with van der Waals surface area (Å²) in [6.07, 6.45) is 0.878. The molecule has 0 aliphatic rings. The lowest BCUT2D eigenvalue weighted by molar-refractivity contribution is 0.102. The van der Waals surface area contributed by atoms with Crippen LogP contribution in [0.5, 0.6) is 5.75 Å². The Morgan fingerprint density at radius 3 is 2.17 bits per heavy atom. The number of amides is 1. The quantitative estimate of drug-likeness (QED) is 0.533. The molecule has 0 radical (unpaired) electrons. The highest BCUT2D eigenvalue weighted by molar-refractivity contribution is 6.04. The average Bonchev–Trinajstić information content (AvgIpc) is 2.72. The van der Waals surface area contributed by atoms with Gasteiger partial charge in [-0.2, -0.15) is 0 Å². The Balaban J connectivity index is 1.59. The molecule has 0 fully saturated rings. The van der Waals surface area contributed by atoms with E-state index < -0.39 is 0 Å². The van der Waals surface area contributed by atoms with Gasteiger partial charge in [0, 0.05) is 11.3 Å². The first-order chi connectivity index (χ1) is 13.9. The van der Waals surface area contributed by atoms with Crippen molar-refractivity contribution in [2.24, 2.45) is 0 Å². The van der Waals surface area contributed by atoms with E-state index >= 15 is 0 Å². The molecule has 0 saturated carbocycles. The van der Waals surface area contributed by atoms with Gasteiger partial charge in [-0.25, -0.2) is 0 Å². The van der Waals surface area contributed by atoms with Gasteiger partial charge in [-0.3, -0.25) is 4.79 Å². The van der Waals surface area contributed by atoms with Gasteiger partial charge in [-0.15, -0.1) is 0 Å². The molecule has 1 amide bonds. The second-order valence-corrected chi connectivity index (χ2v) is 8.22. The fourth-order valence-electron chi connectivity index (χ4n) is 3.12. The third kappa shape index (κ3) is 5.47. The van der Waals surface area contributed by atoms with Gasteiger partial charge in [-0.05, 0) is 58.9 Å². The summed E-state index contributed by atoms with van der Waals surface area (Å²) in [4.78, 5) is 12.5. The Morgan fingerprint density at radius 1 is 0.897 bits per heavy atom. The number of hydrogen-bond donors (Lipinski definition) is 1. The normalized spacial score (nSPS) is 11.2. The van der Waals surface area contributed by atoms with Crippen molar-refractivity contribution < 1.29 is 9.53 Å². The second-order valence-electron chi connectivity index (χ2n) is 8.22. The first-order valence-corrected chi connectivity index (χ1v) is 10.1. The molecule has 0 aliphatic carbocycles. The van der Waals surface area contributed by atoms with Crippen molar-refractivity contribution >= 4 is 11.6 Å². The van der Waals surface area contributed by atoms with Crippen LogP contribution in [0.1, 0.15) is 54.7 Å². The highest BCUT2D eigenvalue weighted by atomic mass is 16.5. The van der Waals surface area contributed by atoms with Crippen LogP contribution < -0.4 is 10.1 Å². The fourth-order valence-corrected chi connectivity index (χ4v) is 3.12. The van der Waals surface area contributed by atoms with Gasteiger partial charge < -0.3 is 10.1 Å². The number of para-hydroxylation sites is 1. The number of hydrogen-bond acceptors (Lipinski definition) is 2. The van der Waals surface area contributed by atoms with Gasteiger partial charge in [0.15, 0.2) is 0 Å². The largest absolute Gasteiger partial charge is 0.489 e. The molecule has 29 heavy (non-hydrogen) atoms. The van der Waals surface area contributed by atoms with Crippen LogP contribution in [-0.2, 0) is 18.4 Å². The summed E-state index contributed by atoms with van der Waals surface area (Å²) in [6.45, 7) is 9.14. The van der Waals surface area contributed by atoms with Crippen LogP contribution in [0.2, 0.25) is 0 Å². The number of anilines is 1. The van der Waals surface area contributed by atoms with E-state index in [4.69, 9.17) is 4.74 Å². The van der Waals surface area contributed by atoms with Crippen molar-refractivity contribution in [1.82, 2.24) is 0 Å². The third-order valence-corrected chi connectivity index (χ3v) is 4.99. The van der Waals surface area contributed by atoms with Gasteiger partial charge >= 0.3 is 0 Å². The molecule has 3 rings (SSSR count). The van der Waals surface area contributed by atoms with E-state index in [2.05, 4.69) is 45.1 Å². The van der Waals surface area contributed by atoms with Crippen LogP contribution in [0.4, 0.5) is 5.69 Å². The van der Waals surface area contributed by atoms with Gasteiger partial charge in [0.2, 0.25) is 0 Å². The molecule has 0 atom stereocenters. The van der Waals surface area contributed by atoms with E-state index in [1.165, 1.54) is 5.56 Å². The monoisotopic (exact) mass is 387 g/mol. The summed E-state index contributed by atoms with van der Waals surface area (Å²) < 4.78 is 5.89. The molecule has 0 saturated heterocycles. The van der Waals surface area contributed by atoms with E-state index in [0.717, 1.165) is 29.0 Å². The van der Waals surface area contributed by atoms with Crippen molar-refractivity contribution in [3.05, 3.63) is 95.1 Å². The van der Waals surface area contributed by atoms with Crippen molar-refractivity contribution in [2.45, 2.75) is 46.1 Å². The average molecular weight is 388 g/mol. The van der Waals surface area contributed by atoms with E-state index in [0.29, 0.717) is 12.2 Å². The van der Waals surface area contributed by atoms with Gasteiger partial charge in [0.25, 0.3) is 5.91 Å². The minimum Gasteiger partial charge on any atom is -0.489 e. The van der Waals surface area contributed by atoms with Crippen LogP contribution in [0, 0.1) is 0 Å². The third-order valence-electron chi connectivity index (χ3n) is 4.99. The number of benzene rings is 3. The maximum absolute atomic E-state index is 12.5. The summed E-state index contributed by atoms with van der Waals surface area (Å²) in [5.41, 5.74) is 5.07. The lowest BCUT2D eigenvalue weighted by atomic mass is 9.87. The zero-order chi connectivity index (χ0) is 20.9. The standard InChI is InChI=1S/C26H29NO2/c1-5-20-8-6-7-9-24(20)27-25(28)21-12-10-19(11-13-21)18-29-23-16-14-22(15-17-23)26(2,3)4/h6-17H,5,18H2,1-4H3,(H,27,28). The molecular formula is C26H29NO2. The molecule has 3 nitrogen and oxygen atoms in total. The van der Waals surface area contributed by atoms with Crippen LogP contribution in [0.25, 0.3) is 0 Å². The summed E-state index contributed by atoms with van der Waals surface area (Å²) in [5.74, 6) is 0.743. The Labute approximate surface area is 173 Å². The number of nitrogens with one attached hydrogen (secondary N) is 1. The Morgan fingerprint density at radius 2 is 1.55 bits per heavy atom. The lowest BCUT2D eigenvalue weighted by Gasteiger charge is -2.19. The van der Waals surface area contributed by atoms with E-state index in [-0.39, 0.29) is 11.3 Å². The first-order valence-electron chi connectivity index (χ1n) is 10.1. The topological polar surface area (TPSA) is 38.3 Å². The van der Waals surface area contributed by atoms with Gasteiger partial charge in [-0.1, -0.05) is 70.2 Å². The molecule has 1 N–H and O–H groups in total. The summed E-state index contributed by atoms with van der Waals surface area (Å²) in [6, 6.07) is 23.7. The van der Waals surface area contributed by atoms with Crippen LogP contribution >= 0.6 is 0 Å². The van der Waals surface area contributed by atoms with E-state index in [1.807, 2.05) is 60.7 Å². The number of aryl methyl sites for hydroxylation is 1. The van der Waals surface area contributed by atoms with Crippen LogP contribution in [0.3, 0.4) is 0 Å². The molecule has 3 aromatic carbocycles. The maximum Gasteiger partial charge on any atom is 0.255 e.